The Morgan fingerprint density at radius 2 is 1.67 bits per heavy atom. The molecule has 2 N–H and O–H groups in total. The van der Waals surface area contributed by atoms with Crippen LogP contribution in [0, 0.1) is 20.8 Å². The van der Waals surface area contributed by atoms with E-state index in [-0.39, 0.29) is 11.4 Å². The number of hydrogen-bond donors (Lipinski definition) is 2. The van der Waals surface area contributed by atoms with Crippen LogP contribution in [0.15, 0.2) is 18.2 Å². The maximum Gasteiger partial charge on any atom is 0.223 e. The molecule has 1 atom stereocenters. The number of aryl methyl sites for hydroxylation is 3. The number of benzene rings is 1. The van der Waals surface area contributed by atoms with Crippen LogP contribution in [0.3, 0.4) is 0 Å². The van der Waals surface area contributed by atoms with Crippen molar-refractivity contribution < 1.29 is 14.4 Å². The van der Waals surface area contributed by atoms with Crippen LogP contribution in [0.5, 0.6) is 11.5 Å². The van der Waals surface area contributed by atoms with E-state index in [9.17, 15) is 9.67 Å². The maximum absolute atomic E-state index is 14.0. The first-order valence-corrected chi connectivity index (χ1v) is 12.9. The normalized spacial score (nSPS) is 12.6. The van der Waals surface area contributed by atoms with Crippen molar-refractivity contribution >= 4 is 13.1 Å². The first-order valence-electron chi connectivity index (χ1n) is 10.7. The van der Waals surface area contributed by atoms with Crippen molar-refractivity contribution in [1.82, 2.24) is 9.97 Å². The van der Waals surface area contributed by atoms with Crippen LogP contribution < -0.4 is 10.1 Å². The minimum atomic E-state index is -2.43. The summed E-state index contributed by atoms with van der Waals surface area (Å²) in [6.07, 6.45) is 3.90. The number of phenolic OH excluding ortho intramolecular Hbond substituents is 1. The smallest absolute Gasteiger partial charge is 0.223 e. The lowest BCUT2D eigenvalue weighted by Gasteiger charge is -2.28. The molecule has 0 spiro atoms. The second-order valence-corrected chi connectivity index (χ2v) is 11.6. The number of methoxy groups -OCH3 is 1. The highest BCUT2D eigenvalue weighted by Gasteiger charge is 2.32. The zero-order chi connectivity index (χ0) is 22.3. The molecule has 30 heavy (non-hydrogen) atoms. The predicted octanol–water partition coefficient (Wildman–Crippen LogP) is 5.32. The van der Waals surface area contributed by atoms with Gasteiger partial charge in [0.05, 0.1) is 14.3 Å². The van der Waals surface area contributed by atoms with Crippen molar-refractivity contribution in [3.05, 3.63) is 40.7 Å². The molecule has 0 amide bonds. The molecular formula is C23H36N3O3P. The van der Waals surface area contributed by atoms with E-state index in [1.54, 1.807) is 7.11 Å². The van der Waals surface area contributed by atoms with Gasteiger partial charge in [0.1, 0.15) is 0 Å². The largest absolute Gasteiger partial charge is 0.504 e. The number of aromatic hydroxyl groups is 1. The fraction of sp³-hybridized carbons (Fsp3) is 0.565. The zero-order valence-corrected chi connectivity index (χ0v) is 20.1. The van der Waals surface area contributed by atoms with Gasteiger partial charge in [0.25, 0.3) is 0 Å². The first-order chi connectivity index (χ1) is 14.2. The summed E-state index contributed by atoms with van der Waals surface area (Å²) in [5.41, 5.74) is 3.55. The molecule has 0 aliphatic rings. The highest BCUT2D eigenvalue weighted by atomic mass is 31.2. The molecule has 0 bridgehead atoms. The number of hydrogen-bond acceptors (Lipinski definition) is 6. The molecule has 0 saturated heterocycles. The third-order valence-corrected chi connectivity index (χ3v) is 9.47. The van der Waals surface area contributed by atoms with E-state index >= 15 is 0 Å². The number of anilines is 1. The van der Waals surface area contributed by atoms with Gasteiger partial charge in [0.2, 0.25) is 5.95 Å². The summed E-state index contributed by atoms with van der Waals surface area (Å²) in [5.74, 6) is 1.19. The van der Waals surface area contributed by atoms with E-state index < -0.39 is 7.14 Å². The Morgan fingerprint density at radius 1 is 1.07 bits per heavy atom. The van der Waals surface area contributed by atoms with E-state index in [1.807, 2.05) is 39.0 Å². The Kier molecular flexibility index (Phi) is 8.72. The number of aromatic nitrogens is 2. The number of nitrogens with one attached hydrogen (secondary N) is 1. The minimum Gasteiger partial charge on any atom is -0.504 e. The van der Waals surface area contributed by atoms with Crippen molar-refractivity contribution in [1.29, 1.82) is 0 Å². The molecule has 6 nitrogen and oxygen atoms in total. The molecular weight excluding hydrogens is 397 g/mol. The van der Waals surface area contributed by atoms with Gasteiger partial charge in [-0.25, -0.2) is 9.97 Å². The predicted molar refractivity (Wildman–Crippen MR) is 125 cm³/mol. The number of rotatable bonds is 11. The lowest BCUT2D eigenvalue weighted by molar-refractivity contribution is 0.371. The highest BCUT2D eigenvalue weighted by Crippen LogP contribution is 2.53. The van der Waals surface area contributed by atoms with Crippen LogP contribution in [-0.2, 0) is 11.0 Å². The summed E-state index contributed by atoms with van der Waals surface area (Å²) in [4.78, 5) is 8.95. The molecule has 0 aliphatic heterocycles. The third kappa shape index (κ3) is 6.21. The van der Waals surface area contributed by atoms with Gasteiger partial charge in [-0.05, 0) is 63.3 Å². The molecule has 0 fully saturated rings. The molecule has 7 heteroatoms. The van der Waals surface area contributed by atoms with Crippen molar-refractivity contribution in [2.24, 2.45) is 0 Å². The van der Waals surface area contributed by atoms with Gasteiger partial charge in [-0.3, -0.25) is 0 Å². The molecule has 0 radical (unpaired) electrons. The van der Waals surface area contributed by atoms with Crippen LogP contribution in [0.25, 0.3) is 0 Å². The zero-order valence-electron chi connectivity index (χ0n) is 19.2. The standard InChI is InChI=1S/C23H36N3O3P/c1-7-9-30(28,10-8-2)20(15-24-23-25-17(4)12-18(5)26-23)13-19-11-16(3)22(27)21(14-19)29-6/h11-12,14,20,27H,7-10,13,15H2,1-6H3,(H,24,25,26). The molecule has 2 aromatic rings. The topological polar surface area (TPSA) is 84.3 Å². The summed E-state index contributed by atoms with van der Waals surface area (Å²) in [6, 6.07) is 5.75. The van der Waals surface area contributed by atoms with E-state index in [2.05, 4.69) is 29.1 Å². The van der Waals surface area contributed by atoms with E-state index in [0.29, 0.717) is 24.7 Å². The summed E-state index contributed by atoms with van der Waals surface area (Å²) in [6.45, 7) is 10.5. The molecule has 0 aliphatic carbocycles. The van der Waals surface area contributed by atoms with Crippen molar-refractivity contribution in [2.45, 2.75) is 59.5 Å². The van der Waals surface area contributed by atoms with Gasteiger partial charge in [0.15, 0.2) is 11.5 Å². The number of phenols is 1. The Morgan fingerprint density at radius 3 is 2.20 bits per heavy atom. The van der Waals surface area contributed by atoms with Gasteiger partial charge in [-0.2, -0.15) is 0 Å². The first kappa shape index (κ1) is 24.2. The Hall–Kier alpha value is -2.07. The molecule has 0 saturated carbocycles. The summed E-state index contributed by atoms with van der Waals surface area (Å²) in [7, 11) is -0.878. The Balaban J connectivity index is 2.35. The van der Waals surface area contributed by atoms with Crippen LogP contribution in [0.1, 0.15) is 49.2 Å². The third-order valence-electron chi connectivity index (χ3n) is 5.36. The summed E-state index contributed by atoms with van der Waals surface area (Å²) >= 11 is 0. The highest BCUT2D eigenvalue weighted by molar-refractivity contribution is 7.64. The Bertz CT molecular complexity index is 871. The average molecular weight is 434 g/mol. The second-order valence-electron chi connectivity index (χ2n) is 8.08. The second kappa shape index (κ2) is 10.8. The summed E-state index contributed by atoms with van der Waals surface area (Å²) < 4.78 is 19.3. The molecule has 1 heterocycles. The minimum absolute atomic E-state index is 0.0459. The van der Waals surface area contributed by atoms with Gasteiger partial charge in [0, 0.05) is 35.9 Å². The molecule has 1 aromatic heterocycles. The van der Waals surface area contributed by atoms with Gasteiger partial charge < -0.3 is 19.7 Å². The maximum atomic E-state index is 14.0. The lowest BCUT2D eigenvalue weighted by Crippen LogP contribution is -2.26. The van der Waals surface area contributed by atoms with E-state index in [1.165, 1.54) is 0 Å². The van der Waals surface area contributed by atoms with E-state index in [0.717, 1.165) is 47.7 Å². The SMILES string of the molecule is CCCP(=O)(CCC)C(CNc1nc(C)cc(C)n1)Cc1cc(C)c(O)c(OC)c1. The van der Waals surface area contributed by atoms with Crippen molar-refractivity contribution in [3.63, 3.8) is 0 Å². The lowest BCUT2D eigenvalue weighted by atomic mass is 10.0. The van der Waals surface area contributed by atoms with Crippen molar-refractivity contribution in [2.75, 3.05) is 31.3 Å². The molecule has 2 rings (SSSR count). The molecule has 1 aromatic carbocycles. The van der Waals surface area contributed by atoms with Crippen LogP contribution in [0.2, 0.25) is 0 Å². The molecule has 1 unspecified atom stereocenters. The van der Waals surface area contributed by atoms with Crippen LogP contribution in [-0.4, -0.2) is 46.7 Å². The van der Waals surface area contributed by atoms with Crippen LogP contribution in [0.4, 0.5) is 5.95 Å². The summed E-state index contributed by atoms with van der Waals surface area (Å²) in [5, 5.41) is 13.5. The monoisotopic (exact) mass is 433 g/mol. The quantitative estimate of drug-likeness (QED) is 0.467. The fourth-order valence-electron chi connectivity index (χ4n) is 4.02. The van der Waals surface area contributed by atoms with Crippen LogP contribution >= 0.6 is 7.14 Å². The van der Waals surface area contributed by atoms with Crippen molar-refractivity contribution in [3.8, 4) is 11.5 Å². The van der Waals surface area contributed by atoms with Gasteiger partial charge in [-0.1, -0.05) is 19.9 Å². The average Bonchev–Trinajstić information content (AvgIpc) is 2.67. The van der Waals surface area contributed by atoms with Gasteiger partial charge in [-0.15, -0.1) is 0 Å². The van der Waals surface area contributed by atoms with Gasteiger partial charge >= 0.3 is 0 Å². The number of nitrogens with zero attached hydrogens (tertiary/aromatic N) is 2. The fourth-order valence-corrected chi connectivity index (χ4v) is 7.45. The van der Waals surface area contributed by atoms with E-state index in [4.69, 9.17) is 4.74 Å². The Labute approximate surface area is 180 Å². The number of ether oxygens (including phenoxy) is 1. The molecule has 166 valence electrons.